The van der Waals surface area contributed by atoms with Crippen molar-refractivity contribution in [1.29, 1.82) is 0 Å². The molecule has 1 atom stereocenters. The first-order chi connectivity index (χ1) is 13.9. The maximum absolute atomic E-state index is 13.3. The largest absolute Gasteiger partial charge is 0.365 e. The van der Waals surface area contributed by atoms with Crippen LogP contribution in [0.2, 0.25) is 0 Å². The van der Waals surface area contributed by atoms with Crippen LogP contribution in [0, 0.1) is 26.7 Å². The molecular weight excluding hydrogens is 358 g/mol. The molecule has 3 heteroatoms. The van der Waals surface area contributed by atoms with Crippen molar-refractivity contribution in [3.05, 3.63) is 100 Å². The summed E-state index contributed by atoms with van der Waals surface area (Å²) in [6, 6.07) is 21.7. The number of hydrogen-bond acceptors (Lipinski definition) is 3. The SMILES string of the molecule is Cc1cccc(CN2CC(C(=O)c3ccc(C)c(C)c3)C(=O)c3ccccc32)c1. The van der Waals surface area contributed by atoms with Gasteiger partial charge in [0.15, 0.2) is 11.6 Å². The van der Waals surface area contributed by atoms with E-state index in [-0.39, 0.29) is 11.6 Å². The van der Waals surface area contributed by atoms with Gasteiger partial charge >= 0.3 is 0 Å². The van der Waals surface area contributed by atoms with Crippen LogP contribution in [0.3, 0.4) is 0 Å². The number of rotatable bonds is 4. The Labute approximate surface area is 172 Å². The molecule has 1 heterocycles. The van der Waals surface area contributed by atoms with Crippen LogP contribution in [0.15, 0.2) is 66.7 Å². The lowest BCUT2D eigenvalue weighted by Crippen LogP contribution is -2.42. The summed E-state index contributed by atoms with van der Waals surface area (Å²) < 4.78 is 0. The molecular formula is C26H25NO2. The van der Waals surface area contributed by atoms with Crippen LogP contribution in [0.4, 0.5) is 5.69 Å². The number of carbonyl (C=O) groups excluding carboxylic acids is 2. The van der Waals surface area contributed by atoms with Crippen molar-refractivity contribution in [1.82, 2.24) is 0 Å². The summed E-state index contributed by atoms with van der Waals surface area (Å²) in [5.74, 6) is -0.858. The molecule has 29 heavy (non-hydrogen) atoms. The third-order valence-electron chi connectivity index (χ3n) is 5.79. The molecule has 1 unspecified atom stereocenters. The molecule has 4 rings (SSSR count). The molecule has 3 nitrogen and oxygen atoms in total. The number of para-hydroxylation sites is 1. The first-order valence-corrected chi connectivity index (χ1v) is 9.99. The highest BCUT2D eigenvalue weighted by atomic mass is 16.2. The van der Waals surface area contributed by atoms with Crippen LogP contribution < -0.4 is 4.90 Å². The van der Waals surface area contributed by atoms with E-state index in [9.17, 15) is 9.59 Å². The molecule has 0 N–H and O–H groups in total. The van der Waals surface area contributed by atoms with Crippen molar-refractivity contribution in [2.24, 2.45) is 5.92 Å². The van der Waals surface area contributed by atoms with Gasteiger partial charge in [0.1, 0.15) is 5.92 Å². The fourth-order valence-corrected chi connectivity index (χ4v) is 4.03. The smallest absolute Gasteiger partial charge is 0.177 e. The van der Waals surface area contributed by atoms with E-state index in [2.05, 4.69) is 30.0 Å². The van der Waals surface area contributed by atoms with Gasteiger partial charge in [0.05, 0.1) is 0 Å². The molecule has 1 aliphatic heterocycles. The molecule has 0 aromatic heterocycles. The van der Waals surface area contributed by atoms with Gasteiger partial charge in [-0.2, -0.15) is 0 Å². The van der Waals surface area contributed by atoms with Crippen molar-refractivity contribution in [2.45, 2.75) is 27.3 Å². The van der Waals surface area contributed by atoms with Crippen LogP contribution in [-0.2, 0) is 6.54 Å². The van der Waals surface area contributed by atoms with Gasteiger partial charge in [-0.05, 0) is 55.7 Å². The van der Waals surface area contributed by atoms with E-state index in [1.165, 1.54) is 11.1 Å². The molecule has 0 saturated carbocycles. The van der Waals surface area contributed by atoms with E-state index in [0.29, 0.717) is 24.2 Å². The van der Waals surface area contributed by atoms with Crippen molar-refractivity contribution in [2.75, 3.05) is 11.4 Å². The Kier molecular flexibility index (Phi) is 5.06. The molecule has 0 saturated heterocycles. The Balaban J connectivity index is 1.70. The zero-order valence-corrected chi connectivity index (χ0v) is 17.1. The molecule has 0 spiro atoms. The fourth-order valence-electron chi connectivity index (χ4n) is 4.03. The van der Waals surface area contributed by atoms with Crippen LogP contribution >= 0.6 is 0 Å². The van der Waals surface area contributed by atoms with Crippen molar-refractivity contribution < 1.29 is 9.59 Å². The van der Waals surface area contributed by atoms with Gasteiger partial charge in [0, 0.05) is 29.9 Å². The summed E-state index contributed by atoms with van der Waals surface area (Å²) in [6.07, 6.45) is 0. The molecule has 0 radical (unpaired) electrons. The number of benzene rings is 3. The second kappa shape index (κ2) is 7.67. The number of Topliss-reactive ketones (excluding diaryl/α,β-unsaturated/α-hetero) is 2. The number of hydrogen-bond donors (Lipinski definition) is 0. The van der Waals surface area contributed by atoms with E-state index in [1.54, 1.807) is 0 Å². The van der Waals surface area contributed by atoms with Crippen LogP contribution in [0.25, 0.3) is 0 Å². The number of aryl methyl sites for hydroxylation is 3. The summed E-state index contributed by atoms with van der Waals surface area (Å²) in [7, 11) is 0. The Morgan fingerprint density at radius 1 is 0.931 bits per heavy atom. The highest BCUT2D eigenvalue weighted by molar-refractivity contribution is 6.19. The first-order valence-electron chi connectivity index (χ1n) is 9.99. The summed E-state index contributed by atoms with van der Waals surface area (Å²) in [5.41, 5.74) is 6.73. The average Bonchev–Trinajstić information content (AvgIpc) is 2.72. The minimum absolute atomic E-state index is 0.0793. The van der Waals surface area contributed by atoms with Crippen molar-refractivity contribution in [3.63, 3.8) is 0 Å². The second-order valence-corrected chi connectivity index (χ2v) is 7.97. The monoisotopic (exact) mass is 383 g/mol. The Hall–Kier alpha value is -3.20. The summed E-state index contributed by atoms with van der Waals surface area (Å²) in [4.78, 5) is 28.6. The second-order valence-electron chi connectivity index (χ2n) is 7.97. The lowest BCUT2D eigenvalue weighted by atomic mass is 9.84. The number of anilines is 1. The molecule has 0 aliphatic carbocycles. The maximum Gasteiger partial charge on any atom is 0.177 e. The standard InChI is InChI=1S/C26H25NO2/c1-17-7-6-8-20(13-17)15-27-16-23(26(29)22-9-4-5-10-24(22)27)25(28)21-12-11-18(2)19(3)14-21/h4-14,23H,15-16H2,1-3H3. The lowest BCUT2D eigenvalue weighted by molar-refractivity contribution is 0.0805. The normalized spacial score (nSPS) is 15.9. The van der Waals surface area contributed by atoms with E-state index >= 15 is 0 Å². The molecule has 0 amide bonds. The highest BCUT2D eigenvalue weighted by Gasteiger charge is 2.36. The zero-order chi connectivity index (χ0) is 20.5. The average molecular weight is 383 g/mol. The first kappa shape index (κ1) is 19.1. The topological polar surface area (TPSA) is 37.4 Å². The maximum atomic E-state index is 13.3. The van der Waals surface area contributed by atoms with Gasteiger partial charge in [-0.1, -0.05) is 54.1 Å². The van der Waals surface area contributed by atoms with E-state index in [4.69, 9.17) is 0 Å². The Morgan fingerprint density at radius 3 is 2.48 bits per heavy atom. The fraction of sp³-hybridized carbons (Fsp3) is 0.231. The van der Waals surface area contributed by atoms with Gasteiger partial charge in [0.2, 0.25) is 0 Å². The Morgan fingerprint density at radius 2 is 1.72 bits per heavy atom. The summed E-state index contributed by atoms with van der Waals surface area (Å²) >= 11 is 0. The van der Waals surface area contributed by atoms with Crippen molar-refractivity contribution >= 4 is 17.3 Å². The van der Waals surface area contributed by atoms with Gasteiger partial charge in [-0.25, -0.2) is 0 Å². The predicted molar refractivity (Wildman–Crippen MR) is 117 cm³/mol. The predicted octanol–water partition coefficient (Wildman–Crippen LogP) is 5.31. The van der Waals surface area contributed by atoms with E-state index < -0.39 is 5.92 Å². The number of fused-ring (bicyclic) bond motifs is 1. The van der Waals surface area contributed by atoms with E-state index in [1.807, 2.05) is 62.4 Å². The van der Waals surface area contributed by atoms with Gasteiger partial charge in [0.25, 0.3) is 0 Å². The number of ketones is 2. The van der Waals surface area contributed by atoms with Crippen LogP contribution in [0.1, 0.15) is 43.0 Å². The third kappa shape index (κ3) is 3.73. The number of nitrogens with zero attached hydrogens (tertiary/aromatic N) is 1. The van der Waals surface area contributed by atoms with Gasteiger partial charge in [-0.15, -0.1) is 0 Å². The Bertz CT molecular complexity index is 1100. The molecule has 146 valence electrons. The van der Waals surface area contributed by atoms with Gasteiger partial charge in [-0.3, -0.25) is 9.59 Å². The van der Waals surface area contributed by atoms with Gasteiger partial charge < -0.3 is 4.90 Å². The zero-order valence-electron chi connectivity index (χ0n) is 17.1. The minimum atomic E-state index is -0.684. The van der Waals surface area contributed by atoms with Crippen LogP contribution in [-0.4, -0.2) is 18.1 Å². The van der Waals surface area contributed by atoms with Crippen LogP contribution in [0.5, 0.6) is 0 Å². The quantitative estimate of drug-likeness (QED) is 0.452. The summed E-state index contributed by atoms with van der Waals surface area (Å²) in [5, 5.41) is 0. The number of carbonyl (C=O) groups is 2. The molecule has 3 aromatic rings. The summed E-state index contributed by atoms with van der Waals surface area (Å²) in [6.45, 7) is 7.16. The molecule has 3 aromatic carbocycles. The molecule has 0 bridgehead atoms. The molecule has 1 aliphatic rings. The third-order valence-corrected chi connectivity index (χ3v) is 5.79. The highest BCUT2D eigenvalue weighted by Crippen LogP contribution is 2.32. The van der Waals surface area contributed by atoms with E-state index in [0.717, 1.165) is 16.8 Å². The minimum Gasteiger partial charge on any atom is -0.365 e. The molecule has 0 fully saturated rings. The lowest BCUT2D eigenvalue weighted by Gasteiger charge is -2.34. The van der Waals surface area contributed by atoms with Crippen molar-refractivity contribution in [3.8, 4) is 0 Å².